The number of nitrogens with two attached hydrogens (primary N) is 1. The first kappa shape index (κ1) is 11.9. The molecule has 0 aliphatic rings. The van der Waals surface area contributed by atoms with Gasteiger partial charge in [0.1, 0.15) is 0 Å². The Labute approximate surface area is 63.6 Å². The zero-order chi connectivity index (χ0) is 6.62. The van der Waals surface area contributed by atoms with E-state index in [1.54, 1.807) is 0 Å². The molecule has 9 heavy (non-hydrogen) atoms. The van der Waals surface area contributed by atoms with Crippen LogP contribution in [0.4, 0.5) is 0 Å². The predicted molar refractivity (Wildman–Crippen MR) is 43.6 cm³/mol. The molecule has 0 saturated heterocycles. The van der Waals surface area contributed by atoms with Gasteiger partial charge in [0, 0.05) is 5.54 Å². The lowest BCUT2D eigenvalue weighted by Crippen LogP contribution is -2.43. The van der Waals surface area contributed by atoms with Gasteiger partial charge in [-0.05, 0) is 20.3 Å². The number of hydrogen-bond acceptors (Lipinski definition) is 2. The van der Waals surface area contributed by atoms with Gasteiger partial charge in [-0.15, -0.1) is 12.4 Å². The lowest BCUT2D eigenvalue weighted by atomic mass is 10.0. The molecule has 0 aliphatic heterocycles. The van der Waals surface area contributed by atoms with Crippen molar-refractivity contribution in [3.8, 4) is 0 Å². The summed E-state index contributed by atoms with van der Waals surface area (Å²) in [5.74, 6) is 5.24. The summed E-state index contributed by atoms with van der Waals surface area (Å²) < 4.78 is 0. The highest BCUT2D eigenvalue weighted by atomic mass is 35.5. The highest BCUT2D eigenvalue weighted by Gasteiger charge is 2.11. The molecule has 0 aliphatic carbocycles. The van der Waals surface area contributed by atoms with E-state index in [2.05, 4.69) is 26.2 Å². The maximum Gasteiger partial charge on any atom is 0.0265 e. The van der Waals surface area contributed by atoms with E-state index in [1.807, 2.05) is 0 Å². The molecule has 2 nitrogen and oxygen atoms in total. The first-order valence-electron chi connectivity index (χ1n) is 3.10. The van der Waals surface area contributed by atoms with E-state index in [4.69, 9.17) is 5.84 Å². The van der Waals surface area contributed by atoms with Gasteiger partial charge >= 0.3 is 0 Å². The molecule has 0 saturated carbocycles. The van der Waals surface area contributed by atoms with Crippen LogP contribution in [0, 0.1) is 0 Å². The SMILES string of the molecule is CCCC(C)(C)NN.Cl. The van der Waals surface area contributed by atoms with E-state index < -0.39 is 0 Å². The third-order valence-electron chi connectivity index (χ3n) is 1.27. The maximum atomic E-state index is 5.24. The summed E-state index contributed by atoms with van der Waals surface area (Å²) in [5, 5.41) is 0. The molecule has 3 N–H and O–H groups in total. The number of rotatable bonds is 3. The third-order valence-corrected chi connectivity index (χ3v) is 1.27. The zero-order valence-electron chi connectivity index (χ0n) is 6.40. The third kappa shape index (κ3) is 6.09. The fraction of sp³-hybridized carbons (Fsp3) is 1.00. The van der Waals surface area contributed by atoms with Crippen LogP contribution >= 0.6 is 12.4 Å². The second kappa shape index (κ2) is 5.03. The monoisotopic (exact) mass is 152 g/mol. The van der Waals surface area contributed by atoms with Crippen molar-refractivity contribution >= 4 is 12.4 Å². The first-order valence-corrected chi connectivity index (χ1v) is 3.10. The second-order valence-electron chi connectivity index (χ2n) is 2.78. The van der Waals surface area contributed by atoms with Gasteiger partial charge in [-0.25, -0.2) is 0 Å². The Bertz CT molecular complexity index is 64.1. The minimum absolute atomic E-state index is 0. The summed E-state index contributed by atoms with van der Waals surface area (Å²) in [5.41, 5.74) is 2.86. The highest BCUT2D eigenvalue weighted by molar-refractivity contribution is 5.85. The average Bonchev–Trinajstić information content (AvgIpc) is 1.67. The van der Waals surface area contributed by atoms with E-state index in [0.717, 1.165) is 6.42 Å². The van der Waals surface area contributed by atoms with Crippen molar-refractivity contribution in [2.45, 2.75) is 39.2 Å². The topological polar surface area (TPSA) is 38.0 Å². The van der Waals surface area contributed by atoms with Crippen molar-refractivity contribution in [1.29, 1.82) is 0 Å². The highest BCUT2D eigenvalue weighted by Crippen LogP contribution is 2.07. The van der Waals surface area contributed by atoms with Gasteiger partial charge < -0.3 is 0 Å². The molecule has 0 unspecified atom stereocenters. The van der Waals surface area contributed by atoms with Crippen LogP contribution in [0.15, 0.2) is 0 Å². The normalized spacial score (nSPS) is 10.7. The molecule has 0 atom stereocenters. The van der Waals surface area contributed by atoms with Crippen molar-refractivity contribution in [2.24, 2.45) is 5.84 Å². The number of nitrogens with one attached hydrogen (secondary N) is 1. The van der Waals surface area contributed by atoms with Crippen molar-refractivity contribution in [3.05, 3.63) is 0 Å². The Morgan fingerprint density at radius 2 is 1.89 bits per heavy atom. The van der Waals surface area contributed by atoms with Gasteiger partial charge in [0.15, 0.2) is 0 Å². The molecular weight excluding hydrogens is 136 g/mol. The molecule has 0 spiro atoms. The largest absolute Gasteiger partial charge is 0.271 e. The predicted octanol–water partition coefficient (Wildman–Crippen LogP) is 1.45. The minimum Gasteiger partial charge on any atom is -0.271 e. The molecule has 0 aromatic rings. The van der Waals surface area contributed by atoms with Crippen LogP contribution in [0.5, 0.6) is 0 Å². The maximum absolute atomic E-state index is 5.24. The Morgan fingerprint density at radius 1 is 1.44 bits per heavy atom. The van der Waals surface area contributed by atoms with Gasteiger partial charge in [-0.2, -0.15) is 0 Å². The van der Waals surface area contributed by atoms with Crippen molar-refractivity contribution in [1.82, 2.24) is 5.43 Å². The number of hydrogen-bond donors (Lipinski definition) is 2. The Morgan fingerprint density at radius 3 is 2.00 bits per heavy atom. The summed E-state index contributed by atoms with van der Waals surface area (Å²) >= 11 is 0. The molecule has 3 heteroatoms. The molecule has 0 heterocycles. The first-order chi connectivity index (χ1) is 3.62. The van der Waals surface area contributed by atoms with Crippen LogP contribution in [-0.4, -0.2) is 5.54 Å². The van der Waals surface area contributed by atoms with Crippen LogP contribution < -0.4 is 11.3 Å². The van der Waals surface area contributed by atoms with E-state index in [0.29, 0.717) is 0 Å². The quantitative estimate of drug-likeness (QED) is 0.475. The van der Waals surface area contributed by atoms with E-state index >= 15 is 0 Å². The van der Waals surface area contributed by atoms with E-state index in [1.165, 1.54) is 6.42 Å². The van der Waals surface area contributed by atoms with Crippen LogP contribution in [0.1, 0.15) is 33.6 Å². The molecule has 0 fully saturated rings. The molecule has 0 radical (unpaired) electrons. The molecule has 0 amide bonds. The average molecular weight is 153 g/mol. The van der Waals surface area contributed by atoms with Crippen molar-refractivity contribution in [3.63, 3.8) is 0 Å². The Balaban J connectivity index is 0. The van der Waals surface area contributed by atoms with E-state index in [9.17, 15) is 0 Å². The van der Waals surface area contributed by atoms with Crippen LogP contribution in [0.2, 0.25) is 0 Å². The van der Waals surface area contributed by atoms with Crippen molar-refractivity contribution < 1.29 is 0 Å². The lowest BCUT2D eigenvalue weighted by molar-refractivity contribution is 0.366. The van der Waals surface area contributed by atoms with Crippen LogP contribution in [0.3, 0.4) is 0 Å². The zero-order valence-corrected chi connectivity index (χ0v) is 7.22. The summed E-state index contributed by atoms with van der Waals surface area (Å²) in [7, 11) is 0. The summed E-state index contributed by atoms with van der Waals surface area (Å²) in [6, 6.07) is 0. The molecular formula is C6H17ClN2. The molecule has 0 bridgehead atoms. The fourth-order valence-corrected chi connectivity index (χ4v) is 0.697. The van der Waals surface area contributed by atoms with Crippen LogP contribution in [-0.2, 0) is 0 Å². The van der Waals surface area contributed by atoms with Crippen molar-refractivity contribution in [2.75, 3.05) is 0 Å². The van der Waals surface area contributed by atoms with Crippen LogP contribution in [0.25, 0.3) is 0 Å². The van der Waals surface area contributed by atoms with Gasteiger partial charge in [0.2, 0.25) is 0 Å². The smallest absolute Gasteiger partial charge is 0.0265 e. The second-order valence-corrected chi connectivity index (χ2v) is 2.78. The Hall–Kier alpha value is 0.210. The summed E-state index contributed by atoms with van der Waals surface area (Å²) in [4.78, 5) is 0. The van der Waals surface area contributed by atoms with Gasteiger partial charge in [0.25, 0.3) is 0 Å². The molecule has 0 aromatic carbocycles. The molecule has 58 valence electrons. The number of hydrazine groups is 1. The standard InChI is InChI=1S/C6H16N2.ClH/c1-4-5-6(2,3)8-7;/h8H,4-5,7H2,1-3H3;1H. The Kier molecular flexibility index (Phi) is 6.68. The van der Waals surface area contributed by atoms with Gasteiger partial charge in [-0.3, -0.25) is 11.3 Å². The summed E-state index contributed by atoms with van der Waals surface area (Å²) in [6.07, 6.45) is 2.31. The minimum atomic E-state index is 0. The molecule has 0 rings (SSSR count). The number of halogens is 1. The summed E-state index contributed by atoms with van der Waals surface area (Å²) in [6.45, 7) is 6.34. The lowest BCUT2D eigenvalue weighted by Gasteiger charge is -2.21. The van der Waals surface area contributed by atoms with E-state index in [-0.39, 0.29) is 17.9 Å². The van der Waals surface area contributed by atoms with Gasteiger partial charge in [-0.1, -0.05) is 13.3 Å². The fourth-order valence-electron chi connectivity index (χ4n) is 0.697. The van der Waals surface area contributed by atoms with Gasteiger partial charge in [0.05, 0.1) is 0 Å². The molecule has 0 aromatic heterocycles.